The molecule has 0 radical (unpaired) electrons. The zero-order valence-electron chi connectivity index (χ0n) is 18.9. The minimum Gasteiger partial charge on any atom is -0.379 e. The maximum absolute atomic E-state index is 10.8. The smallest absolute Gasteiger partial charge is 0.104 e. The van der Waals surface area contributed by atoms with Crippen molar-refractivity contribution in [1.29, 1.82) is 10.5 Å². The minimum absolute atomic E-state index is 0.648. The van der Waals surface area contributed by atoms with Crippen LogP contribution < -0.4 is 0 Å². The summed E-state index contributed by atoms with van der Waals surface area (Å²) in [6, 6.07) is 12.8. The highest BCUT2D eigenvalue weighted by Gasteiger charge is 2.44. The summed E-state index contributed by atoms with van der Waals surface area (Å²) in [5, 5.41) is 22.2. The predicted molar refractivity (Wildman–Crippen MR) is 130 cm³/mol. The molecule has 4 aliphatic heterocycles. The fraction of sp³-hybridized carbons (Fsp3) is 0.480. The molecule has 1 aromatic rings. The van der Waals surface area contributed by atoms with Gasteiger partial charge in [-0.15, -0.1) is 0 Å². The van der Waals surface area contributed by atoms with Crippen molar-refractivity contribution in [1.82, 2.24) is 14.2 Å². The fourth-order valence-electron chi connectivity index (χ4n) is 5.41. The summed E-state index contributed by atoms with van der Waals surface area (Å²) in [6.45, 7) is 7.92. The molecule has 7 nitrogen and oxygen atoms in total. The van der Waals surface area contributed by atoms with Crippen molar-refractivity contribution in [3.63, 3.8) is 0 Å². The van der Waals surface area contributed by atoms with E-state index in [1.54, 1.807) is 0 Å². The summed E-state index contributed by atoms with van der Waals surface area (Å²) < 4.78 is 16.6. The van der Waals surface area contributed by atoms with Gasteiger partial charge in [0.15, 0.2) is 0 Å². The molecule has 0 aromatic heterocycles. The number of likely N-dealkylation sites (tertiary alicyclic amines) is 1. The van der Waals surface area contributed by atoms with E-state index in [4.69, 9.17) is 9.47 Å². The third kappa shape index (κ3) is 3.95. The molecular weight excluding hydrogens is 433 g/mol. The largest absolute Gasteiger partial charge is 0.379 e. The third-order valence-electron chi connectivity index (χ3n) is 6.95. The molecule has 0 saturated carbocycles. The van der Waals surface area contributed by atoms with Crippen LogP contribution in [-0.2, 0) is 9.47 Å². The van der Waals surface area contributed by atoms with E-state index in [1.165, 1.54) is 18.1 Å². The van der Waals surface area contributed by atoms with Gasteiger partial charge in [0.1, 0.15) is 11.4 Å². The first-order chi connectivity index (χ1) is 16.3. The average Bonchev–Trinajstić information content (AvgIpc) is 3.43. The van der Waals surface area contributed by atoms with Gasteiger partial charge in [0.05, 0.1) is 50.9 Å². The molecule has 0 N–H and O–H groups in total. The highest BCUT2D eigenvalue weighted by atomic mass is 31.2. The molecule has 0 spiro atoms. The van der Waals surface area contributed by atoms with Crippen LogP contribution in [0.25, 0.3) is 0 Å². The Kier molecular flexibility index (Phi) is 6.69. The molecule has 33 heavy (non-hydrogen) atoms. The van der Waals surface area contributed by atoms with Crippen LogP contribution in [0.3, 0.4) is 0 Å². The summed E-state index contributed by atoms with van der Waals surface area (Å²) in [5.41, 5.74) is 2.83. The van der Waals surface area contributed by atoms with Crippen molar-refractivity contribution in [2.45, 2.75) is 12.8 Å². The lowest BCUT2D eigenvalue weighted by Gasteiger charge is -2.51. The average molecular weight is 464 g/mol. The van der Waals surface area contributed by atoms with E-state index in [9.17, 15) is 10.5 Å². The molecular formula is C25H30N5O2P. The van der Waals surface area contributed by atoms with Gasteiger partial charge in [0.25, 0.3) is 0 Å². The van der Waals surface area contributed by atoms with E-state index in [0.717, 1.165) is 55.8 Å². The second kappa shape index (κ2) is 9.85. The molecule has 0 amide bonds. The number of rotatable bonds is 4. The molecule has 3 saturated heterocycles. The van der Waals surface area contributed by atoms with E-state index in [2.05, 4.69) is 38.5 Å². The van der Waals surface area contributed by atoms with E-state index in [-0.39, 0.29) is 0 Å². The molecule has 0 bridgehead atoms. The second-order valence-corrected chi connectivity index (χ2v) is 11.9. The van der Waals surface area contributed by atoms with E-state index in [1.807, 2.05) is 24.3 Å². The number of nitrogens with zero attached hydrogens (tertiary/aromatic N) is 5. The number of benzene rings is 1. The molecule has 1 aromatic carbocycles. The van der Waals surface area contributed by atoms with Gasteiger partial charge in [-0.05, 0) is 42.7 Å². The first-order valence-corrected chi connectivity index (χ1v) is 13.5. The lowest BCUT2D eigenvalue weighted by atomic mass is 10.1. The molecule has 3 fully saturated rings. The van der Waals surface area contributed by atoms with Crippen molar-refractivity contribution >= 4 is 12.5 Å². The zero-order valence-corrected chi connectivity index (χ0v) is 19.8. The van der Waals surface area contributed by atoms with E-state index < -0.39 is 7.19 Å². The zero-order chi connectivity index (χ0) is 22.7. The van der Waals surface area contributed by atoms with Gasteiger partial charge in [-0.3, -0.25) is 9.34 Å². The minimum atomic E-state index is -2.38. The van der Waals surface area contributed by atoms with Gasteiger partial charge in [-0.2, -0.15) is 10.5 Å². The highest BCUT2D eigenvalue weighted by Crippen LogP contribution is 2.66. The highest BCUT2D eigenvalue weighted by molar-refractivity contribution is 7.77. The third-order valence-corrected chi connectivity index (χ3v) is 11.4. The number of morpholine rings is 2. The van der Waals surface area contributed by atoms with Crippen LogP contribution in [0, 0.1) is 22.7 Å². The van der Waals surface area contributed by atoms with Crippen molar-refractivity contribution in [3.8, 4) is 12.1 Å². The topological polar surface area (TPSA) is 75.8 Å². The molecule has 0 aliphatic carbocycles. The normalized spacial score (nSPS) is 24.1. The maximum Gasteiger partial charge on any atom is 0.104 e. The second-order valence-electron chi connectivity index (χ2n) is 8.68. The maximum atomic E-state index is 10.8. The fourth-order valence-corrected chi connectivity index (χ4v) is 10.1. The van der Waals surface area contributed by atoms with Crippen LogP contribution in [0.1, 0.15) is 24.0 Å². The standard InChI is InChI=1S/C25H30N5O2P/c26-19-21-3-5-22(6-4-21)24-8-7-23(28-9-1-2-10-28)25(20-27)33(24,29-11-15-31-16-12-29)30-13-17-32-18-14-30/h3-8H,1-2,9-18H2. The summed E-state index contributed by atoms with van der Waals surface area (Å²) in [6.07, 6.45) is 6.76. The Morgan fingerprint density at radius 1 is 0.727 bits per heavy atom. The Labute approximate surface area is 196 Å². The summed E-state index contributed by atoms with van der Waals surface area (Å²) in [7, 11) is -2.38. The molecule has 4 heterocycles. The first kappa shape index (κ1) is 22.4. The van der Waals surface area contributed by atoms with Crippen LogP contribution in [0.15, 0.2) is 47.4 Å². The first-order valence-electron chi connectivity index (χ1n) is 11.8. The van der Waals surface area contributed by atoms with E-state index >= 15 is 0 Å². The Balaban J connectivity index is 1.81. The number of nitriles is 2. The van der Waals surface area contributed by atoms with Crippen molar-refractivity contribution in [3.05, 3.63) is 58.6 Å². The monoisotopic (exact) mass is 463 g/mol. The lowest BCUT2D eigenvalue weighted by Crippen LogP contribution is -2.46. The molecule has 0 unspecified atom stereocenters. The Morgan fingerprint density at radius 2 is 1.30 bits per heavy atom. The van der Waals surface area contributed by atoms with Gasteiger partial charge >= 0.3 is 0 Å². The van der Waals surface area contributed by atoms with Crippen molar-refractivity contribution < 1.29 is 9.47 Å². The Bertz CT molecular complexity index is 1060. The van der Waals surface area contributed by atoms with Crippen LogP contribution in [0.2, 0.25) is 0 Å². The van der Waals surface area contributed by atoms with Crippen LogP contribution in [-0.4, -0.2) is 85.2 Å². The van der Waals surface area contributed by atoms with Gasteiger partial charge in [0.2, 0.25) is 0 Å². The van der Waals surface area contributed by atoms with Crippen LogP contribution in [0.5, 0.6) is 0 Å². The number of allylic oxidation sites excluding steroid dienone is 3. The molecule has 5 rings (SSSR count). The SMILES string of the molecule is N#CC1=C(N2CCCC2)C=CC(c2ccc(C#N)cc2)=P1(N1CCOCC1)N1CCOCC1. The molecule has 4 aliphatic rings. The van der Waals surface area contributed by atoms with Gasteiger partial charge in [0, 0.05) is 44.6 Å². The Morgan fingerprint density at radius 3 is 1.82 bits per heavy atom. The van der Waals surface area contributed by atoms with Crippen LogP contribution >= 0.6 is 7.19 Å². The molecule has 0 atom stereocenters. The van der Waals surface area contributed by atoms with Gasteiger partial charge < -0.3 is 14.4 Å². The summed E-state index contributed by atoms with van der Waals surface area (Å²) in [5.74, 6) is 0. The van der Waals surface area contributed by atoms with E-state index in [0.29, 0.717) is 32.0 Å². The number of hydrogen-bond donors (Lipinski definition) is 0. The predicted octanol–water partition coefficient (Wildman–Crippen LogP) is 2.99. The van der Waals surface area contributed by atoms with Crippen molar-refractivity contribution in [2.75, 3.05) is 65.7 Å². The number of ether oxygens (including phenoxy) is 2. The van der Waals surface area contributed by atoms with Gasteiger partial charge in [-0.1, -0.05) is 12.1 Å². The summed E-state index contributed by atoms with van der Waals surface area (Å²) >= 11 is 0. The molecule has 8 heteroatoms. The summed E-state index contributed by atoms with van der Waals surface area (Å²) in [4.78, 5) is 2.40. The lowest BCUT2D eigenvalue weighted by molar-refractivity contribution is 0.0583. The van der Waals surface area contributed by atoms with Gasteiger partial charge in [-0.25, -0.2) is 0 Å². The number of hydrogen-bond acceptors (Lipinski definition) is 7. The van der Waals surface area contributed by atoms with Crippen molar-refractivity contribution in [2.24, 2.45) is 0 Å². The molecule has 172 valence electrons. The quantitative estimate of drug-likeness (QED) is 0.636. The van der Waals surface area contributed by atoms with Crippen LogP contribution in [0.4, 0.5) is 0 Å². The Hall–Kier alpha value is -2.38.